The van der Waals surface area contributed by atoms with Gasteiger partial charge in [-0.15, -0.1) is 0 Å². The van der Waals surface area contributed by atoms with Crippen LogP contribution in [0.3, 0.4) is 0 Å². The number of hydrogen-bond acceptors (Lipinski definition) is 3. The van der Waals surface area contributed by atoms with Gasteiger partial charge in [-0.2, -0.15) is 0 Å². The van der Waals surface area contributed by atoms with Gasteiger partial charge in [0, 0.05) is 5.02 Å². The van der Waals surface area contributed by atoms with E-state index in [2.05, 4.69) is 10.4 Å². The summed E-state index contributed by atoms with van der Waals surface area (Å²) in [7, 11) is 0. The molecular formula is C14H16ClN3O3. The van der Waals surface area contributed by atoms with Gasteiger partial charge in [0.15, 0.2) is 0 Å². The number of amides is 1. The molecule has 6 nitrogen and oxygen atoms in total. The molecular weight excluding hydrogens is 294 g/mol. The number of carbonyl (C=O) groups is 1. The van der Waals surface area contributed by atoms with Crippen LogP contribution in [0, 0.1) is 6.92 Å². The largest absolute Gasteiger partial charge is 0.450 e. The number of nitrogens with zero attached hydrogens (tertiary/aromatic N) is 1. The number of hydrogen-bond donors (Lipinski definition) is 2. The number of anilines is 1. The predicted molar refractivity (Wildman–Crippen MR) is 81.0 cm³/mol. The van der Waals surface area contributed by atoms with Crippen molar-refractivity contribution in [2.75, 3.05) is 11.9 Å². The quantitative estimate of drug-likeness (QED) is 0.911. The Morgan fingerprint density at radius 3 is 2.67 bits per heavy atom. The molecule has 0 bridgehead atoms. The van der Waals surface area contributed by atoms with Crippen LogP contribution < -0.4 is 10.9 Å². The van der Waals surface area contributed by atoms with Gasteiger partial charge in [-0.05, 0) is 31.5 Å². The SMILES string of the molecule is CCOC(=O)Nc1[nH]n(Cc2ccc(Cl)cc2)c(=O)c1C. The lowest BCUT2D eigenvalue weighted by Gasteiger charge is -2.04. The lowest BCUT2D eigenvalue weighted by Crippen LogP contribution is -2.18. The van der Waals surface area contributed by atoms with Crippen LogP contribution in [0.4, 0.5) is 10.6 Å². The van der Waals surface area contributed by atoms with Crippen LogP contribution in [0.2, 0.25) is 5.02 Å². The summed E-state index contributed by atoms with van der Waals surface area (Å²) in [6.45, 7) is 3.97. The van der Waals surface area contributed by atoms with Crippen molar-refractivity contribution >= 4 is 23.5 Å². The van der Waals surface area contributed by atoms with Crippen LogP contribution in [0.5, 0.6) is 0 Å². The molecule has 21 heavy (non-hydrogen) atoms. The minimum atomic E-state index is -0.597. The Kier molecular flexibility index (Phi) is 4.70. The highest BCUT2D eigenvalue weighted by atomic mass is 35.5. The maximum absolute atomic E-state index is 12.1. The van der Waals surface area contributed by atoms with Crippen LogP contribution in [0.25, 0.3) is 0 Å². The van der Waals surface area contributed by atoms with Crippen molar-refractivity contribution in [1.82, 2.24) is 9.78 Å². The van der Waals surface area contributed by atoms with E-state index in [4.69, 9.17) is 16.3 Å². The van der Waals surface area contributed by atoms with Crippen molar-refractivity contribution in [2.24, 2.45) is 0 Å². The van der Waals surface area contributed by atoms with Gasteiger partial charge in [0.25, 0.3) is 5.56 Å². The van der Waals surface area contributed by atoms with Gasteiger partial charge < -0.3 is 4.74 Å². The monoisotopic (exact) mass is 309 g/mol. The average molecular weight is 310 g/mol. The van der Waals surface area contributed by atoms with Crippen molar-refractivity contribution in [3.63, 3.8) is 0 Å². The van der Waals surface area contributed by atoms with E-state index in [-0.39, 0.29) is 12.2 Å². The Balaban J connectivity index is 2.19. The number of halogens is 1. The molecule has 0 saturated heterocycles. The summed E-state index contributed by atoms with van der Waals surface area (Å²) in [5.41, 5.74) is 1.15. The van der Waals surface area contributed by atoms with E-state index in [1.165, 1.54) is 4.68 Å². The molecule has 1 aromatic carbocycles. The van der Waals surface area contributed by atoms with E-state index in [1.807, 2.05) is 12.1 Å². The first kappa shape index (κ1) is 15.2. The molecule has 1 amide bonds. The van der Waals surface area contributed by atoms with Crippen LogP contribution in [-0.4, -0.2) is 22.5 Å². The molecule has 2 N–H and O–H groups in total. The van der Waals surface area contributed by atoms with Gasteiger partial charge in [0.05, 0.1) is 18.7 Å². The summed E-state index contributed by atoms with van der Waals surface area (Å²) < 4.78 is 6.20. The smallest absolute Gasteiger partial charge is 0.412 e. The number of rotatable bonds is 4. The van der Waals surface area contributed by atoms with Crippen molar-refractivity contribution < 1.29 is 9.53 Å². The third-order valence-electron chi connectivity index (χ3n) is 2.94. The minimum absolute atomic E-state index is 0.197. The first-order chi connectivity index (χ1) is 10.0. The number of aromatic amines is 1. The van der Waals surface area contributed by atoms with Gasteiger partial charge in [-0.25, -0.2) is 9.48 Å². The van der Waals surface area contributed by atoms with Gasteiger partial charge >= 0.3 is 6.09 Å². The zero-order valence-corrected chi connectivity index (χ0v) is 12.5. The summed E-state index contributed by atoms with van der Waals surface area (Å²) in [5.74, 6) is 0.340. The molecule has 0 radical (unpaired) electrons. The van der Waals surface area contributed by atoms with E-state index in [1.54, 1.807) is 26.0 Å². The van der Waals surface area contributed by atoms with E-state index in [9.17, 15) is 9.59 Å². The van der Waals surface area contributed by atoms with Crippen molar-refractivity contribution in [2.45, 2.75) is 20.4 Å². The highest BCUT2D eigenvalue weighted by Crippen LogP contribution is 2.12. The number of aromatic nitrogens is 2. The minimum Gasteiger partial charge on any atom is -0.450 e. The molecule has 2 rings (SSSR count). The first-order valence-corrected chi connectivity index (χ1v) is 6.86. The molecule has 0 atom stereocenters. The molecule has 7 heteroatoms. The maximum atomic E-state index is 12.1. The van der Waals surface area contributed by atoms with Crippen molar-refractivity contribution in [3.05, 3.63) is 50.8 Å². The highest BCUT2D eigenvalue weighted by molar-refractivity contribution is 6.30. The normalized spacial score (nSPS) is 10.4. The molecule has 0 aliphatic carbocycles. The third-order valence-corrected chi connectivity index (χ3v) is 3.20. The Bertz CT molecular complexity index is 688. The molecule has 1 heterocycles. The summed E-state index contributed by atoms with van der Waals surface area (Å²) in [6, 6.07) is 7.19. The van der Waals surface area contributed by atoms with Crippen molar-refractivity contribution in [1.29, 1.82) is 0 Å². The Morgan fingerprint density at radius 1 is 1.38 bits per heavy atom. The molecule has 0 unspecified atom stereocenters. The number of benzene rings is 1. The summed E-state index contributed by atoms with van der Waals surface area (Å²) in [6.07, 6.45) is -0.597. The van der Waals surface area contributed by atoms with Gasteiger partial charge in [-0.3, -0.25) is 15.2 Å². The van der Waals surface area contributed by atoms with Gasteiger partial charge in [0.2, 0.25) is 0 Å². The second kappa shape index (κ2) is 6.49. The van der Waals surface area contributed by atoms with Crippen LogP contribution in [0.15, 0.2) is 29.1 Å². The molecule has 0 fully saturated rings. The second-order valence-electron chi connectivity index (χ2n) is 4.48. The molecule has 1 aromatic heterocycles. The maximum Gasteiger partial charge on any atom is 0.412 e. The molecule has 0 saturated carbocycles. The third kappa shape index (κ3) is 3.66. The van der Waals surface area contributed by atoms with E-state index < -0.39 is 6.09 Å². The number of carbonyl (C=O) groups excluding carboxylic acids is 1. The Labute approximate surface area is 126 Å². The molecule has 2 aromatic rings. The van der Waals surface area contributed by atoms with Crippen LogP contribution >= 0.6 is 11.6 Å². The number of ether oxygens (including phenoxy) is 1. The standard InChI is InChI=1S/C14H16ClN3O3/c1-3-21-14(20)16-12-9(2)13(19)18(17-12)8-10-4-6-11(15)7-5-10/h4-7,17H,3,8H2,1-2H3,(H,16,20). The Morgan fingerprint density at radius 2 is 2.05 bits per heavy atom. The van der Waals surface area contributed by atoms with Crippen LogP contribution in [-0.2, 0) is 11.3 Å². The topological polar surface area (TPSA) is 76.1 Å². The number of nitrogens with one attached hydrogen (secondary N) is 2. The lowest BCUT2D eigenvalue weighted by molar-refractivity contribution is 0.168. The van der Waals surface area contributed by atoms with E-state index >= 15 is 0 Å². The first-order valence-electron chi connectivity index (χ1n) is 6.49. The fraction of sp³-hybridized carbons (Fsp3) is 0.286. The van der Waals surface area contributed by atoms with Crippen LogP contribution in [0.1, 0.15) is 18.1 Å². The van der Waals surface area contributed by atoms with E-state index in [0.29, 0.717) is 22.9 Å². The highest BCUT2D eigenvalue weighted by Gasteiger charge is 2.13. The molecule has 0 aliphatic heterocycles. The van der Waals surface area contributed by atoms with Gasteiger partial charge in [-0.1, -0.05) is 23.7 Å². The summed E-state index contributed by atoms with van der Waals surface area (Å²) in [4.78, 5) is 23.5. The zero-order chi connectivity index (χ0) is 15.4. The molecule has 0 aliphatic rings. The molecule has 112 valence electrons. The fourth-order valence-corrected chi connectivity index (χ4v) is 1.98. The Hall–Kier alpha value is -2.21. The number of H-pyrrole nitrogens is 1. The summed E-state index contributed by atoms with van der Waals surface area (Å²) >= 11 is 5.82. The zero-order valence-electron chi connectivity index (χ0n) is 11.8. The molecule has 0 spiro atoms. The lowest BCUT2D eigenvalue weighted by atomic mass is 10.2. The summed E-state index contributed by atoms with van der Waals surface area (Å²) in [5, 5.41) is 6.01. The van der Waals surface area contributed by atoms with Crippen molar-refractivity contribution in [3.8, 4) is 0 Å². The van der Waals surface area contributed by atoms with E-state index in [0.717, 1.165) is 5.56 Å². The second-order valence-corrected chi connectivity index (χ2v) is 4.91. The predicted octanol–water partition coefficient (Wildman–Crippen LogP) is 2.75. The van der Waals surface area contributed by atoms with Gasteiger partial charge in [0.1, 0.15) is 5.82 Å². The fourth-order valence-electron chi connectivity index (χ4n) is 1.85. The average Bonchev–Trinajstić information content (AvgIpc) is 2.70.